The van der Waals surface area contributed by atoms with Crippen molar-refractivity contribution in [2.45, 2.75) is 39.2 Å². The first-order valence-corrected chi connectivity index (χ1v) is 9.45. The molecule has 1 heterocycles. The van der Waals surface area contributed by atoms with E-state index in [1.165, 1.54) is 30.9 Å². The molecule has 7 nitrogen and oxygen atoms in total. The minimum atomic E-state index is -1.07. The highest BCUT2D eigenvalue weighted by Crippen LogP contribution is 2.26. The molecule has 2 rings (SSSR count). The molecule has 2 aromatic rings. The van der Waals surface area contributed by atoms with Gasteiger partial charge in [-0.2, -0.15) is 0 Å². The summed E-state index contributed by atoms with van der Waals surface area (Å²) in [5.41, 5.74) is 2.82. The van der Waals surface area contributed by atoms with Crippen LogP contribution in [0.1, 0.15) is 37.9 Å². The van der Waals surface area contributed by atoms with Crippen LogP contribution in [0.4, 0.5) is 4.79 Å². The van der Waals surface area contributed by atoms with Gasteiger partial charge in [0.1, 0.15) is 5.01 Å². The zero-order chi connectivity index (χ0) is 20.0. The third kappa shape index (κ3) is 5.89. The fourth-order valence-electron chi connectivity index (χ4n) is 2.25. The first kappa shape index (κ1) is 20.6. The van der Waals surface area contributed by atoms with Crippen molar-refractivity contribution in [1.82, 2.24) is 15.6 Å². The standard InChI is InChI=1S/C19H23N3O4S/c1-11(2)13-5-7-14(8-6-13)18-21-15(10-27-18)9-16(23)26-12(3)17(24)22-19(25)20-4/h5-8,10-12H,9H2,1-4H3,(H2,20,22,24,25)/t12-/m0/s1. The Morgan fingerprint density at radius 2 is 1.81 bits per heavy atom. The molecular formula is C19H23N3O4S. The monoisotopic (exact) mass is 389 g/mol. The zero-order valence-corrected chi connectivity index (χ0v) is 16.6. The van der Waals surface area contributed by atoms with Crippen molar-refractivity contribution in [3.8, 4) is 10.6 Å². The molecule has 27 heavy (non-hydrogen) atoms. The minimum Gasteiger partial charge on any atom is -0.452 e. The summed E-state index contributed by atoms with van der Waals surface area (Å²) in [6.07, 6.45) is -1.12. The molecule has 0 unspecified atom stereocenters. The van der Waals surface area contributed by atoms with Gasteiger partial charge >= 0.3 is 12.0 Å². The maximum absolute atomic E-state index is 12.0. The Morgan fingerprint density at radius 1 is 1.15 bits per heavy atom. The molecule has 1 aromatic carbocycles. The van der Waals surface area contributed by atoms with Gasteiger partial charge in [0, 0.05) is 18.0 Å². The van der Waals surface area contributed by atoms with Crippen LogP contribution in [0.2, 0.25) is 0 Å². The van der Waals surface area contributed by atoms with Crippen molar-refractivity contribution in [3.05, 3.63) is 40.9 Å². The number of amides is 3. The summed E-state index contributed by atoms with van der Waals surface area (Å²) < 4.78 is 5.05. The number of nitrogens with one attached hydrogen (secondary N) is 2. The number of carbonyl (C=O) groups excluding carboxylic acids is 3. The molecule has 0 spiro atoms. The summed E-state index contributed by atoms with van der Waals surface area (Å²) in [6, 6.07) is 7.52. The number of esters is 1. The van der Waals surface area contributed by atoms with E-state index >= 15 is 0 Å². The van der Waals surface area contributed by atoms with Gasteiger partial charge in [0.2, 0.25) is 0 Å². The zero-order valence-electron chi connectivity index (χ0n) is 15.7. The largest absolute Gasteiger partial charge is 0.452 e. The highest BCUT2D eigenvalue weighted by atomic mass is 32.1. The number of imide groups is 1. The molecule has 0 fully saturated rings. The van der Waals surface area contributed by atoms with Crippen LogP contribution in [0.25, 0.3) is 10.6 Å². The van der Waals surface area contributed by atoms with Crippen LogP contribution in [0.15, 0.2) is 29.6 Å². The van der Waals surface area contributed by atoms with Gasteiger partial charge in [-0.25, -0.2) is 9.78 Å². The number of aromatic nitrogens is 1. The van der Waals surface area contributed by atoms with Crippen molar-refractivity contribution in [1.29, 1.82) is 0 Å². The van der Waals surface area contributed by atoms with E-state index in [1.54, 1.807) is 5.38 Å². The molecular weight excluding hydrogens is 366 g/mol. The second-order valence-electron chi connectivity index (χ2n) is 6.30. The third-order valence-corrected chi connectivity index (χ3v) is 4.78. The van der Waals surface area contributed by atoms with Crippen LogP contribution >= 0.6 is 11.3 Å². The Bertz CT molecular complexity index is 815. The molecule has 3 amide bonds. The fourth-order valence-corrected chi connectivity index (χ4v) is 3.07. The van der Waals surface area contributed by atoms with Gasteiger partial charge in [-0.05, 0) is 18.4 Å². The Balaban J connectivity index is 1.93. The van der Waals surface area contributed by atoms with Crippen LogP contribution in [0, 0.1) is 0 Å². The topological polar surface area (TPSA) is 97.4 Å². The average molecular weight is 389 g/mol. The predicted octanol–water partition coefficient (Wildman–Crippen LogP) is 2.86. The van der Waals surface area contributed by atoms with Gasteiger partial charge < -0.3 is 10.1 Å². The van der Waals surface area contributed by atoms with Crippen molar-refractivity contribution >= 4 is 29.2 Å². The van der Waals surface area contributed by atoms with Crippen LogP contribution < -0.4 is 10.6 Å². The lowest BCUT2D eigenvalue weighted by atomic mass is 10.0. The second-order valence-corrected chi connectivity index (χ2v) is 7.16. The predicted molar refractivity (Wildman–Crippen MR) is 103 cm³/mol. The summed E-state index contributed by atoms with van der Waals surface area (Å²) in [5.74, 6) is -0.809. The number of hydrogen-bond donors (Lipinski definition) is 2. The highest BCUT2D eigenvalue weighted by Gasteiger charge is 2.20. The van der Waals surface area contributed by atoms with E-state index < -0.39 is 24.0 Å². The summed E-state index contributed by atoms with van der Waals surface area (Å²) in [4.78, 5) is 39.3. The van der Waals surface area contributed by atoms with Crippen LogP contribution in [0.5, 0.6) is 0 Å². The molecule has 2 N–H and O–H groups in total. The van der Waals surface area contributed by atoms with Gasteiger partial charge in [0.05, 0.1) is 12.1 Å². The number of rotatable bonds is 6. The number of nitrogens with zero attached hydrogens (tertiary/aromatic N) is 1. The Labute approximate surface area is 162 Å². The SMILES string of the molecule is CNC(=O)NC(=O)[C@H](C)OC(=O)Cc1csc(-c2ccc(C(C)C)cc2)n1. The van der Waals surface area contributed by atoms with Crippen molar-refractivity contribution in [3.63, 3.8) is 0 Å². The van der Waals surface area contributed by atoms with Crippen molar-refractivity contribution in [2.75, 3.05) is 7.05 Å². The fraction of sp³-hybridized carbons (Fsp3) is 0.368. The summed E-state index contributed by atoms with van der Waals surface area (Å²) >= 11 is 1.44. The first-order chi connectivity index (χ1) is 12.8. The van der Waals surface area contributed by atoms with Crippen molar-refractivity contribution in [2.24, 2.45) is 0 Å². The summed E-state index contributed by atoms with van der Waals surface area (Å²) in [5, 5.41) is 6.92. The number of urea groups is 1. The van der Waals surface area contributed by atoms with E-state index in [4.69, 9.17) is 4.74 Å². The highest BCUT2D eigenvalue weighted by molar-refractivity contribution is 7.13. The van der Waals surface area contributed by atoms with Crippen LogP contribution in [-0.4, -0.2) is 36.0 Å². The Morgan fingerprint density at radius 3 is 2.41 bits per heavy atom. The van der Waals surface area contributed by atoms with E-state index in [0.29, 0.717) is 11.6 Å². The lowest BCUT2D eigenvalue weighted by molar-refractivity contribution is -0.153. The molecule has 8 heteroatoms. The molecule has 0 saturated carbocycles. The number of thiazole rings is 1. The normalized spacial score (nSPS) is 11.7. The van der Waals surface area contributed by atoms with E-state index in [1.807, 2.05) is 12.1 Å². The average Bonchev–Trinajstić information content (AvgIpc) is 3.09. The number of ether oxygens (including phenoxy) is 1. The molecule has 1 atom stereocenters. The van der Waals surface area contributed by atoms with Gasteiger partial charge in [0.15, 0.2) is 6.10 Å². The maximum atomic E-state index is 12.0. The summed E-state index contributed by atoms with van der Waals surface area (Å²) in [7, 11) is 1.38. The molecule has 0 bridgehead atoms. The van der Waals surface area contributed by atoms with Gasteiger partial charge in [-0.15, -0.1) is 11.3 Å². The summed E-state index contributed by atoms with van der Waals surface area (Å²) in [6.45, 7) is 5.68. The van der Waals surface area contributed by atoms with Gasteiger partial charge in [-0.3, -0.25) is 14.9 Å². The third-order valence-electron chi connectivity index (χ3n) is 3.84. The van der Waals surface area contributed by atoms with E-state index in [0.717, 1.165) is 10.6 Å². The molecule has 0 aliphatic carbocycles. The van der Waals surface area contributed by atoms with Crippen LogP contribution in [-0.2, 0) is 20.7 Å². The van der Waals surface area contributed by atoms with Gasteiger partial charge in [-0.1, -0.05) is 38.1 Å². The number of hydrogen-bond acceptors (Lipinski definition) is 6. The lowest BCUT2D eigenvalue weighted by Crippen LogP contribution is -2.43. The molecule has 0 saturated heterocycles. The second kappa shape index (κ2) is 9.27. The smallest absolute Gasteiger partial charge is 0.321 e. The van der Waals surface area contributed by atoms with E-state index in [-0.39, 0.29) is 6.42 Å². The Hall–Kier alpha value is -2.74. The van der Waals surface area contributed by atoms with Gasteiger partial charge in [0.25, 0.3) is 5.91 Å². The van der Waals surface area contributed by atoms with E-state index in [9.17, 15) is 14.4 Å². The molecule has 0 radical (unpaired) electrons. The van der Waals surface area contributed by atoms with Crippen LogP contribution in [0.3, 0.4) is 0 Å². The number of benzene rings is 1. The molecule has 144 valence electrons. The maximum Gasteiger partial charge on any atom is 0.321 e. The molecule has 1 aromatic heterocycles. The first-order valence-electron chi connectivity index (χ1n) is 8.57. The minimum absolute atomic E-state index is 0.0435. The number of carbonyl (C=O) groups is 3. The molecule has 0 aliphatic rings. The quantitative estimate of drug-likeness (QED) is 0.741. The molecule has 0 aliphatic heterocycles. The lowest BCUT2D eigenvalue weighted by Gasteiger charge is -2.12. The van der Waals surface area contributed by atoms with Crippen molar-refractivity contribution < 1.29 is 19.1 Å². The van der Waals surface area contributed by atoms with E-state index in [2.05, 4.69) is 41.6 Å². The Kier molecular flexibility index (Phi) is 7.06.